The van der Waals surface area contributed by atoms with E-state index in [-0.39, 0.29) is 36.8 Å². The Balaban J connectivity index is 0.00000144. The maximum Gasteiger partial charge on any atom is 0.225 e. The molecule has 1 unspecified atom stereocenters. The summed E-state index contributed by atoms with van der Waals surface area (Å²) in [5.74, 6) is 0.170. The van der Waals surface area contributed by atoms with Crippen LogP contribution in [0.15, 0.2) is 36.9 Å². The minimum atomic E-state index is 0. The van der Waals surface area contributed by atoms with Crippen LogP contribution >= 0.6 is 24.8 Å². The lowest BCUT2D eigenvalue weighted by atomic mass is 10.0. The Kier molecular flexibility index (Phi) is 8.18. The summed E-state index contributed by atoms with van der Waals surface area (Å²) >= 11 is 0. The van der Waals surface area contributed by atoms with E-state index in [4.69, 9.17) is 0 Å². The number of hydrogen-bond acceptors (Lipinski definition) is 4. The fraction of sp³-hybridized carbons (Fsp3) is 0.438. The number of aromatic nitrogens is 3. The number of amides is 1. The summed E-state index contributed by atoms with van der Waals surface area (Å²) in [6.07, 6.45) is 7.84. The molecule has 0 bridgehead atoms. The van der Waals surface area contributed by atoms with Crippen LogP contribution in [0.4, 0.5) is 0 Å². The molecule has 0 aliphatic carbocycles. The summed E-state index contributed by atoms with van der Waals surface area (Å²) < 4.78 is 1.83. The number of nitrogens with one attached hydrogen (secondary N) is 1. The van der Waals surface area contributed by atoms with Gasteiger partial charge in [0, 0.05) is 51.2 Å². The average Bonchev–Trinajstić information content (AvgIpc) is 2.99. The van der Waals surface area contributed by atoms with Crippen molar-refractivity contribution in [3.8, 4) is 0 Å². The highest BCUT2D eigenvalue weighted by Crippen LogP contribution is 2.22. The van der Waals surface area contributed by atoms with Crippen molar-refractivity contribution in [3.63, 3.8) is 0 Å². The number of piperazine rings is 1. The standard InChI is InChI=1S/C16H21N5O.2ClH/c1-13-9-19-20(12-13)7-4-16(22)21-8-6-18-11-15(21)14-3-2-5-17-10-14;;/h2-3,5,9-10,12,15,18H,4,6-8,11H2,1H3;2*1H. The van der Waals surface area contributed by atoms with Crippen LogP contribution < -0.4 is 5.32 Å². The molecular formula is C16H23Cl2N5O. The van der Waals surface area contributed by atoms with Gasteiger partial charge < -0.3 is 10.2 Å². The molecule has 2 aromatic rings. The Morgan fingerprint density at radius 3 is 2.88 bits per heavy atom. The lowest BCUT2D eigenvalue weighted by Gasteiger charge is -2.36. The van der Waals surface area contributed by atoms with Gasteiger partial charge in [-0.05, 0) is 24.1 Å². The smallest absolute Gasteiger partial charge is 0.225 e. The Hall–Kier alpha value is -1.63. The van der Waals surface area contributed by atoms with E-state index in [0.717, 1.165) is 30.8 Å². The second-order valence-electron chi connectivity index (χ2n) is 5.62. The number of pyridine rings is 1. The number of carbonyl (C=O) groups is 1. The number of carbonyl (C=O) groups excluding carboxylic acids is 1. The fourth-order valence-electron chi connectivity index (χ4n) is 2.82. The molecule has 1 N–H and O–H groups in total. The van der Waals surface area contributed by atoms with E-state index in [1.807, 2.05) is 47.2 Å². The molecule has 132 valence electrons. The van der Waals surface area contributed by atoms with Gasteiger partial charge in [-0.15, -0.1) is 24.8 Å². The molecule has 1 saturated heterocycles. The van der Waals surface area contributed by atoms with Gasteiger partial charge in [0.05, 0.1) is 12.2 Å². The predicted molar refractivity (Wildman–Crippen MR) is 97.6 cm³/mol. The molecule has 3 rings (SSSR count). The minimum Gasteiger partial charge on any atom is -0.333 e. The van der Waals surface area contributed by atoms with Gasteiger partial charge in [-0.1, -0.05) is 6.07 Å². The topological polar surface area (TPSA) is 63.1 Å². The first-order valence-electron chi connectivity index (χ1n) is 7.63. The molecule has 3 heterocycles. The van der Waals surface area contributed by atoms with E-state index in [0.29, 0.717) is 13.0 Å². The third-order valence-corrected chi connectivity index (χ3v) is 3.95. The van der Waals surface area contributed by atoms with Crippen LogP contribution in [0.25, 0.3) is 0 Å². The molecule has 1 fully saturated rings. The van der Waals surface area contributed by atoms with Gasteiger partial charge in [-0.3, -0.25) is 14.5 Å². The van der Waals surface area contributed by atoms with Crippen molar-refractivity contribution in [2.45, 2.75) is 25.9 Å². The van der Waals surface area contributed by atoms with Gasteiger partial charge >= 0.3 is 0 Å². The summed E-state index contributed by atoms with van der Waals surface area (Å²) in [6, 6.07) is 4.01. The van der Waals surface area contributed by atoms with Crippen LogP contribution in [0, 0.1) is 6.92 Å². The van der Waals surface area contributed by atoms with Gasteiger partial charge in [0.1, 0.15) is 0 Å². The minimum absolute atomic E-state index is 0. The first-order valence-corrected chi connectivity index (χ1v) is 7.63. The van der Waals surface area contributed by atoms with E-state index in [1.165, 1.54) is 0 Å². The summed E-state index contributed by atoms with van der Waals surface area (Å²) in [5, 5.41) is 7.59. The largest absolute Gasteiger partial charge is 0.333 e. The SMILES string of the molecule is Cc1cnn(CCC(=O)N2CCNCC2c2cccnc2)c1.Cl.Cl. The van der Waals surface area contributed by atoms with Crippen LogP contribution in [-0.2, 0) is 11.3 Å². The van der Waals surface area contributed by atoms with Crippen molar-refractivity contribution < 1.29 is 4.79 Å². The second-order valence-corrected chi connectivity index (χ2v) is 5.62. The molecule has 2 aromatic heterocycles. The average molecular weight is 372 g/mol. The second kappa shape index (κ2) is 9.61. The van der Waals surface area contributed by atoms with Crippen molar-refractivity contribution >= 4 is 30.7 Å². The van der Waals surface area contributed by atoms with Crippen LogP contribution in [-0.4, -0.2) is 45.2 Å². The van der Waals surface area contributed by atoms with Crippen LogP contribution in [0.2, 0.25) is 0 Å². The monoisotopic (exact) mass is 371 g/mol. The van der Waals surface area contributed by atoms with Gasteiger partial charge in [0.2, 0.25) is 5.91 Å². The molecule has 0 saturated carbocycles. The Morgan fingerprint density at radius 2 is 2.21 bits per heavy atom. The zero-order valence-electron chi connectivity index (χ0n) is 13.6. The van der Waals surface area contributed by atoms with Crippen LogP contribution in [0.1, 0.15) is 23.6 Å². The highest BCUT2D eigenvalue weighted by molar-refractivity contribution is 5.85. The molecule has 24 heavy (non-hydrogen) atoms. The highest BCUT2D eigenvalue weighted by atomic mass is 35.5. The number of halogens is 2. The highest BCUT2D eigenvalue weighted by Gasteiger charge is 2.27. The van der Waals surface area contributed by atoms with Crippen molar-refractivity contribution in [3.05, 3.63) is 48.0 Å². The Labute approximate surface area is 154 Å². The number of nitrogens with zero attached hydrogens (tertiary/aromatic N) is 4. The van der Waals surface area contributed by atoms with E-state index in [1.54, 1.807) is 6.20 Å². The third kappa shape index (κ3) is 4.93. The molecule has 0 radical (unpaired) electrons. The molecule has 1 aliphatic heterocycles. The van der Waals surface area contributed by atoms with E-state index in [2.05, 4.69) is 15.4 Å². The molecule has 8 heteroatoms. The lowest BCUT2D eigenvalue weighted by Crippen LogP contribution is -2.48. The van der Waals surface area contributed by atoms with E-state index in [9.17, 15) is 4.79 Å². The predicted octanol–water partition coefficient (Wildman–Crippen LogP) is 1.99. The van der Waals surface area contributed by atoms with Gasteiger partial charge in [0.25, 0.3) is 0 Å². The zero-order chi connectivity index (χ0) is 15.4. The van der Waals surface area contributed by atoms with Crippen molar-refractivity contribution in [2.24, 2.45) is 0 Å². The summed E-state index contributed by atoms with van der Waals surface area (Å²) in [4.78, 5) is 18.7. The lowest BCUT2D eigenvalue weighted by molar-refractivity contribution is -0.134. The first-order chi connectivity index (χ1) is 10.7. The van der Waals surface area contributed by atoms with Gasteiger partial charge in [0.15, 0.2) is 0 Å². The van der Waals surface area contributed by atoms with Crippen molar-refractivity contribution in [1.82, 2.24) is 25.0 Å². The van der Waals surface area contributed by atoms with E-state index >= 15 is 0 Å². The van der Waals surface area contributed by atoms with Gasteiger partial charge in [-0.2, -0.15) is 5.10 Å². The number of hydrogen-bond donors (Lipinski definition) is 1. The molecule has 0 aromatic carbocycles. The molecule has 0 spiro atoms. The molecular weight excluding hydrogens is 349 g/mol. The quantitative estimate of drug-likeness (QED) is 0.892. The Morgan fingerprint density at radius 1 is 1.38 bits per heavy atom. The first kappa shape index (κ1) is 20.4. The normalized spacial score (nSPS) is 16.9. The maximum absolute atomic E-state index is 12.6. The molecule has 1 atom stereocenters. The molecule has 1 amide bonds. The van der Waals surface area contributed by atoms with Crippen LogP contribution in [0.3, 0.4) is 0 Å². The van der Waals surface area contributed by atoms with Crippen LogP contribution in [0.5, 0.6) is 0 Å². The summed E-state index contributed by atoms with van der Waals surface area (Å²) in [7, 11) is 0. The molecule has 1 aliphatic rings. The third-order valence-electron chi connectivity index (χ3n) is 3.95. The maximum atomic E-state index is 12.6. The number of aryl methyl sites for hydroxylation is 2. The van der Waals surface area contributed by atoms with E-state index < -0.39 is 0 Å². The summed E-state index contributed by atoms with van der Waals surface area (Å²) in [6.45, 7) is 4.97. The van der Waals surface area contributed by atoms with Gasteiger partial charge in [-0.25, -0.2) is 0 Å². The fourth-order valence-corrected chi connectivity index (χ4v) is 2.82. The summed E-state index contributed by atoms with van der Waals surface area (Å²) in [5.41, 5.74) is 2.20. The Bertz CT molecular complexity index is 634. The molecule has 6 nitrogen and oxygen atoms in total. The van der Waals surface area contributed by atoms with Crippen molar-refractivity contribution in [1.29, 1.82) is 0 Å². The zero-order valence-corrected chi connectivity index (χ0v) is 15.2. The number of rotatable bonds is 4. The van der Waals surface area contributed by atoms with Crippen molar-refractivity contribution in [2.75, 3.05) is 19.6 Å².